The third-order valence-corrected chi connectivity index (χ3v) is 5.04. The van der Waals surface area contributed by atoms with Gasteiger partial charge in [-0.1, -0.05) is 11.6 Å². The minimum absolute atomic E-state index is 0. The predicted octanol–water partition coefficient (Wildman–Crippen LogP) is 3.21. The van der Waals surface area contributed by atoms with E-state index >= 15 is 0 Å². The number of benzene rings is 1. The van der Waals surface area contributed by atoms with Gasteiger partial charge in [-0.2, -0.15) is 0 Å². The molecule has 110 valence electrons. The van der Waals surface area contributed by atoms with E-state index in [0.29, 0.717) is 16.5 Å². The van der Waals surface area contributed by atoms with Crippen LogP contribution >= 0.6 is 39.9 Å². The highest BCUT2D eigenvalue weighted by Crippen LogP contribution is 2.29. The lowest BCUT2D eigenvalue weighted by atomic mass is 9.88. The minimum Gasteiger partial charge on any atom is -0.338 e. The monoisotopic (exact) mass is 378 g/mol. The quantitative estimate of drug-likeness (QED) is 0.812. The zero-order valence-corrected chi connectivity index (χ0v) is 14.1. The fourth-order valence-electron chi connectivity index (χ4n) is 3.05. The topological polar surface area (TPSA) is 32.3 Å². The van der Waals surface area contributed by atoms with Crippen molar-refractivity contribution in [2.45, 2.75) is 6.42 Å². The second-order valence-electron chi connectivity index (χ2n) is 5.34. The molecule has 20 heavy (non-hydrogen) atoms. The highest BCUT2D eigenvalue weighted by molar-refractivity contribution is 9.10. The molecule has 0 saturated carbocycles. The van der Waals surface area contributed by atoms with Crippen LogP contribution in [0.15, 0.2) is 22.7 Å². The number of halogens is 3. The molecule has 0 spiro atoms. The summed E-state index contributed by atoms with van der Waals surface area (Å²) >= 11 is 9.34. The lowest BCUT2D eigenvalue weighted by Gasteiger charge is -2.34. The summed E-state index contributed by atoms with van der Waals surface area (Å²) < 4.78 is 0.775. The van der Waals surface area contributed by atoms with E-state index in [2.05, 4.69) is 21.2 Å². The third-order valence-electron chi connectivity index (χ3n) is 4.15. The van der Waals surface area contributed by atoms with Crippen molar-refractivity contribution in [3.8, 4) is 0 Å². The Morgan fingerprint density at radius 1 is 1.35 bits per heavy atom. The Hall–Kier alpha value is -0.290. The molecule has 2 fully saturated rings. The highest BCUT2D eigenvalue weighted by Gasteiger charge is 2.34. The highest BCUT2D eigenvalue weighted by atomic mass is 79.9. The summed E-state index contributed by atoms with van der Waals surface area (Å²) in [7, 11) is 0. The predicted molar refractivity (Wildman–Crippen MR) is 86.8 cm³/mol. The van der Waals surface area contributed by atoms with E-state index < -0.39 is 0 Å². The number of rotatable bonds is 1. The van der Waals surface area contributed by atoms with Gasteiger partial charge in [-0.25, -0.2) is 0 Å². The van der Waals surface area contributed by atoms with Gasteiger partial charge in [0.25, 0.3) is 5.91 Å². The molecule has 3 nitrogen and oxygen atoms in total. The Balaban J connectivity index is 0.00000147. The molecule has 2 unspecified atom stereocenters. The number of nitrogens with zero attached hydrogens (tertiary/aromatic N) is 1. The van der Waals surface area contributed by atoms with Gasteiger partial charge in [-0.3, -0.25) is 4.79 Å². The molecule has 1 aromatic rings. The maximum atomic E-state index is 12.6. The van der Waals surface area contributed by atoms with Gasteiger partial charge in [0.2, 0.25) is 0 Å². The molecule has 2 aliphatic heterocycles. The lowest BCUT2D eigenvalue weighted by molar-refractivity contribution is 0.0641. The number of hydrogen-bond acceptors (Lipinski definition) is 2. The summed E-state index contributed by atoms with van der Waals surface area (Å²) in [4.78, 5) is 14.5. The summed E-state index contributed by atoms with van der Waals surface area (Å²) in [6.07, 6.45) is 1.11. The van der Waals surface area contributed by atoms with Crippen molar-refractivity contribution >= 4 is 45.8 Å². The van der Waals surface area contributed by atoms with Crippen LogP contribution in [0.4, 0.5) is 0 Å². The molecule has 2 atom stereocenters. The Morgan fingerprint density at radius 3 is 2.85 bits per heavy atom. The van der Waals surface area contributed by atoms with E-state index in [1.807, 2.05) is 4.90 Å². The molecule has 3 rings (SSSR count). The zero-order chi connectivity index (χ0) is 13.4. The molecular formula is C14H17BrCl2N2O. The van der Waals surface area contributed by atoms with Gasteiger partial charge in [0.1, 0.15) is 0 Å². The van der Waals surface area contributed by atoms with E-state index in [4.69, 9.17) is 11.6 Å². The maximum Gasteiger partial charge on any atom is 0.255 e. The molecule has 1 N–H and O–H groups in total. The Morgan fingerprint density at radius 2 is 2.10 bits per heavy atom. The molecule has 1 amide bonds. The van der Waals surface area contributed by atoms with Crippen LogP contribution in [0.2, 0.25) is 5.02 Å². The summed E-state index contributed by atoms with van der Waals surface area (Å²) in [6, 6.07) is 5.34. The summed E-state index contributed by atoms with van der Waals surface area (Å²) in [5.74, 6) is 1.47. The van der Waals surface area contributed by atoms with E-state index in [9.17, 15) is 4.79 Å². The molecule has 2 saturated heterocycles. The van der Waals surface area contributed by atoms with Crippen LogP contribution < -0.4 is 5.32 Å². The second kappa shape index (κ2) is 6.65. The van der Waals surface area contributed by atoms with Gasteiger partial charge >= 0.3 is 0 Å². The Labute approximate surface area is 138 Å². The molecule has 0 aromatic heterocycles. The van der Waals surface area contributed by atoms with Crippen LogP contribution in [0.1, 0.15) is 16.8 Å². The van der Waals surface area contributed by atoms with E-state index in [1.165, 1.54) is 0 Å². The van der Waals surface area contributed by atoms with Crippen molar-refractivity contribution < 1.29 is 4.79 Å². The molecule has 6 heteroatoms. The number of amides is 1. The lowest BCUT2D eigenvalue weighted by Crippen LogP contribution is -2.43. The fraction of sp³-hybridized carbons (Fsp3) is 0.500. The molecule has 0 radical (unpaired) electrons. The number of fused-ring (bicyclic) bond motifs is 1. The molecule has 2 heterocycles. The van der Waals surface area contributed by atoms with Crippen LogP contribution in [-0.2, 0) is 0 Å². The van der Waals surface area contributed by atoms with Gasteiger partial charge in [0, 0.05) is 22.6 Å². The van der Waals surface area contributed by atoms with E-state index in [0.717, 1.165) is 43.0 Å². The normalized spacial score (nSPS) is 25.0. The van der Waals surface area contributed by atoms with Crippen molar-refractivity contribution in [1.82, 2.24) is 10.2 Å². The van der Waals surface area contributed by atoms with Crippen LogP contribution in [0, 0.1) is 11.8 Å². The molecule has 2 aliphatic rings. The van der Waals surface area contributed by atoms with Crippen molar-refractivity contribution in [2.24, 2.45) is 11.8 Å². The summed E-state index contributed by atoms with van der Waals surface area (Å²) in [5.41, 5.74) is 0.703. The Kier molecular flexibility index (Phi) is 5.35. The first-order chi connectivity index (χ1) is 9.15. The van der Waals surface area contributed by atoms with Crippen molar-refractivity contribution in [3.63, 3.8) is 0 Å². The van der Waals surface area contributed by atoms with Gasteiger partial charge in [0.05, 0.1) is 5.56 Å². The smallest absolute Gasteiger partial charge is 0.255 e. The SMILES string of the molecule is Cl.O=C(c1ccc(Cl)cc1Br)N1CCC2CNCC2C1. The molecule has 0 aliphatic carbocycles. The van der Waals surface area contributed by atoms with Gasteiger partial charge in [-0.15, -0.1) is 12.4 Å². The maximum absolute atomic E-state index is 12.6. The Bertz CT molecular complexity index is 512. The molecule has 1 aromatic carbocycles. The first-order valence-electron chi connectivity index (χ1n) is 6.60. The zero-order valence-electron chi connectivity index (χ0n) is 10.9. The summed E-state index contributed by atoms with van der Waals surface area (Å²) in [6.45, 7) is 3.87. The fourth-order valence-corrected chi connectivity index (χ4v) is 3.90. The summed E-state index contributed by atoms with van der Waals surface area (Å²) in [5, 5.41) is 4.06. The minimum atomic E-state index is 0. The molecule has 0 bridgehead atoms. The number of piperidine rings is 1. The largest absolute Gasteiger partial charge is 0.338 e. The average Bonchev–Trinajstić information content (AvgIpc) is 2.85. The van der Waals surface area contributed by atoms with Crippen molar-refractivity contribution in [3.05, 3.63) is 33.3 Å². The number of hydrogen-bond donors (Lipinski definition) is 1. The van der Waals surface area contributed by atoms with Crippen LogP contribution in [0.5, 0.6) is 0 Å². The number of likely N-dealkylation sites (tertiary alicyclic amines) is 1. The first kappa shape index (κ1) is 16.1. The van der Waals surface area contributed by atoms with E-state index in [1.54, 1.807) is 18.2 Å². The van der Waals surface area contributed by atoms with Gasteiger partial charge < -0.3 is 10.2 Å². The van der Waals surface area contributed by atoms with Crippen LogP contribution in [0.3, 0.4) is 0 Å². The third kappa shape index (κ3) is 3.14. The van der Waals surface area contributed by atoms with Gasteiger partial charge in [-0.05, 0) is 65.5 Å². The standard InChI is InChI=1S/C14H16BrClN2O.ClH/c15-13-5-11(16)1-2-12(13)14(19)18-4-3-9-6-17-7-10(9)8-18;/h1-2,5,9-10,17H,3-4,6-8H2;1H. The number of carbonyl (C=O) groups excluding carboxylic acids is 1. The van der Waals surface area contributed by atoms with Crippen molar-refractivity contribution in [1.29, 1.82) is 0 Å². The van der Waals surface area contributed by atoms with Crippen LogP contribution in [0.25, 0.3) is 0 Å². The van der Waals surface area contributed by atoms with Crippen LogP contribution in [-0.4, -0.2) is 37.0 Å². The molecular weight excluding hydrogens is 363 g/mol. The number of nitrogens with one attached hydrogen (secondary N) is 1. The average molecular weight is 380 g/mol. The van der Waals surface area contributed by atoms with E-state index in [-0.39, 0.29) is 18.3 Å². The number of carbonyl (C=O) groups is 1. The van der Waals surface area contributed by atoms with Gasteiger partial charge in [0.15, 0.2) is 0 Å². The van der Waals surface area contributed by atoms with Crippen molar-refractivity contribution in [2.75, 3.05) is 26.2 Å². The second-order valence-corrected chi connectivity index (χ2v) is 6.63. The first-order valence-corrected chi connectivity index (χ1v) is 7.77.